The van der Waals surface area contributed by atoms with Crippen LogP contribution in [0, 0.1) is 5.92 Å². The van der Waals surface area contributed by atoms with Crippen LogP contribution < -0.4 is 5.32 Å². The standard InChI is InChI=1S/C14H17Br2NO2/c15-10-5-6-13(18)11(7-10)14(19)17-8-9-3-1-2-4-12(9)16/h5-7,9,12,18H,1-4,8H2,(H,17,19). The van der Waals surface area contributed by atoms with E-state index in [2.05, 4.69) is 37.2 Å². The highest BCUT2D eigenvalue weighted by Gasteiger charge is 2.23. The van der Waals surface area contributed by atoms with Crippen LogP contribution in [0.1, 0.15) is 36.0 Å². The zero-order valence-corrected chi connectivity index (χ0v) is 13.7. The molecule has 104 valence electrons. The van der Waals surface area contributed by atoms with Crippen molar-refractivity contribution in [3.05, 3.63) is 28.2 Å². The quantitative estimate of drug-likeness (QED) is 0.770. The Morgan fingerprint density at radius 2 is 2.11 bits per heavy atom. The van der Waals surface area contributed by atoms with Crippen LogP contribution in [0.2, 0.25) is 0 Å². The number of aromatic hydroxyl groups is 1. The van der Waals surface area contributed by atoms with Crippen LogP contribution in [0.15, 0.2) is 22.7 Å². The van der Waals surface area contributed by atoms with E-state index in [0.717, 1.165) is 10.9 Å². The number of rotatable bonds is 3. The minimum atomic E-state index is -0.218. The van der Waals surface area contributed by atoms with Gasteiger partial charge in [0.1, 0.15) is 5.75 Å². The van der Waals surface area contributed by atoms with Gasteiger partial charge in [-0.1, -0.05) is 44.7 Å². The number of hydrogen-bond acceptors (Lipinski definition) is 2. The normalized spacial score (nSPS) is 23.1. The van der Waals surface area contributed by atoms with Crippen LogP contribution >= 0.6 is 31.9 Å². The van der Waals surface area contributed by atoms with Gasteiger partial charge in [0.15, 0.2) is 0 Å². The van der Waals surface area contributed by atoms with E-state index in [0.29, 0.717) is 22.9 Å². The summed E-state index contributed by atoms with van der Waals surface area (Å²) in [5, 5.41) is 12.6. The lowest BCUT2D eigenvalue weighted by Crippen LogP contribution is -2.34. The van der Waals surface area contributed by atoms with Crippen molar-refractivity contribution in [3.63, 3.8) is 0 Å². The van der Waals surface area contributed by atoms with E-state index in [-0.39, 0.29) is 11.7 Å². The molecule has 2 N–H and O–H groups in total. The fourth-order valence-corrected chi connectivity index (χ4v) is 3.54. The second kappa shape index (κ2) is 6.75. The third-order valence-electron chi connectivity index (χ3n) is 3.54. The lowest BCUT2D eigenvalue weighted by molar-refractivity contribution is 0.0942. The third-order valence-corrected chi connectivity index (χ3v) is 5.24. The van der Waals surface area contributed by atoms with E-state index in [1.54, 1.807) is 12.1 Å². The molecule has 0 spiro atoms. The van der Waals surface area contributed by atoms with Crippen molar-refractivity contribution in [2.45, 2.75) is 30.5 Å². The van der Waals surface area contributed by atoms with Crippen molar-refractivity contribution in [1.82, 2.24) is 5.32 Å². The zero-order chi connectivity index (χ0) is 13.8. The Bertz CT molecular complexity index is 465. The van der Waals surface area contributed by atoms with Crippen molar-refractivity contribution in [1.29, 1.82) is 0 Å². The number of amides is 1. The lowest BCUT2D eigenvalue weighted by Gasteiger charge is -2.27. The average molecular weight is 391 g/mol. The van der Waals surface area contributed by atoms with Crippen molar-refractivity contribution < 1.29 is 9.90 Å². The summed E-state index contributed by atoms with van der Waals surface area (Å²) in [7, 11) is 0. The first-order valence-electron chi connectivity index (χ1n) is 6.48. The van der Waals surface area contributed by atoms with Crippen LogP contribution in [0.25, 0.3) is 0 Å². The Kier molecular flexibility index (Phi) is 5.28. The molecule has 2 atom stereocenters. The van der Waals surface area contributed by atoms with E-state index in [9.17, 15) is 9.90 Å². The summed E-state index contributed by atoms with van der Waals surface area (Å²) >= 11 is 6.98. The third kappa shape index (κ3) is 3.96. The van der Waals surface area contributed by atoms with E-state index in [4.69, 9.17) is 0 Å². The number of phenols is 1. The van der Waals surface area contributed by atoms with E-state index >= 15 is 0 Å². The Labute approximate surface area is 130 Å². The van der Waals surface area contributed by atoms with Crippen molar-refractivity contribution in [2.24, 2.45) is 5.92 Å². The number of halogens is 2. The Hall–Kier alpha value is -0.550. The molecule has 0 heterocycles. The molecule has 1 aliphatic carbocycles. The number of hydrogen-bond donors (Lipinski definition) is 2. The van der Waals surface area contributed by atoms with Gasteiger partial charge < -0.3 is 10.4 Å². The summed E-state index contributed by atoms with van der Waals surface area (Å²) in [5.41, 5.74) is 0.316. The number of carbonyl (C=O) groups excluding carboxylic acids is 1. The molecule has 1 amide bonds. The summed E-state index contributed by atoms with van der Waals surface area (Å²) in [4.78, 5) is 12.5. The van der Waals surface area contributed by atoms with Crippen LogP contribution in [0.4, 0.5) is 0 Å². The second-order valence-corrected chi connectivity index (χ2v) is 7.02. The summed E-state index contributed by atoms with van der Waals surface area (Å²) in [6.07, 6.45) is 4.79. The minimum Gasteiger partial charge on any atom is -0.507 e. The molecule has 1 saturated carbocycles. The Balaban J connectivity index is 1.95. The molecule has 5 heteroatoms. The van der Waals surface area contributed by atoms with E-state index in [1.165, 1.54) is 25.3 Å². The molecule has 1 fully saturated rings. The number of benzene rings is 1. The van der Waals surface area contributed by atoms with Gasteiger partial charge in [0.05, 0.1) is 5.56 Å². The maximum Gasteiger partial charge on any atom is 0.255 e. The van der Waals surface area contributed by atoms with Gasteiger partial charge in [-0.05, 0) is 37.0 Å². The first-order valence-corrected chi connectivity index (χ1v) is 8.19. The number of carbonyl (C=O) groups is 1. The first-order chi connectivity index (χ1) is 9.08. The van der Waals surface area contributed by atoms with Crippen LogP contribution in [0.3, 0.4) is 0 Å². The highest BCUT2D eigenvalue weighted by atomic mass is 79.9. The van der Waals surface area contributed by atoms with Gasteiger partial charge in [0.25, 0.3) is 5.91 Å². The van der Waals surface area contributed by atoms with Gasteiger partial charge in [0.2, 0.25) is 0 Å². The summed E-state index contributed by atoms with van der Waals surface area (Å²) < 4.78 is 0.784. The molecular weight excluding hydrogens is 374 g/mol. The van der Waals surface area contributed by atoms with Crippen molar-refractivity contribution in [3.8, 4) is 5.75 Å². The SMILES string of the molecule is O=C(NCC1CCCCC1Br)c1cc(Br)ccc1O. The van der Waals surface area contributed by atoms with Crippen LogP contribution in [-0.2, 0) is 0 Å². The molecule has 0 bridgehead atoms. The molecule has 3 nitrogen and oxygen atoms in total. The number of alkyl halides is 1. The zero-order valence-electron chi connectivity index (χ0n) is 10.5. The molecule has 1 aromatic rings. The largest absolute Gasteiger partial charge is 0.507 e. The highest BCUT2D eigenvalue weighted by Crippen LogP contribution is 2.29. The molecule has 0 aromatic heterocycles. The van der Waals surface area contributed by atoms with Gasteiger partial charge in [-0.15, -0.1) is 0 Å². The fourth-order valence-electron chi connectivity index (χ4n) is 2.40. The van der Waals surface area contributed by atoms with Crippen LogP contribution in [-0.4, -0.2) is 22.4 Å². The van der Waals surface area contributed by atoms with Gasteiger partial charge >= 0.3 is 0 Å². The molecule has 19 heavy (non-hydrogen) atoms. The second-order valence-electron chi connectivity index (χ2n) is 4.93. The average Bonchev–Trinajstić information content (AvgIpc) is 2.40. The molecule has 0 radical (unpaired) electrons. The maximum atomic E-state index is 12.1. The van der Waals surface area contributed by atoms with E-state index < -0.39 is 0 Å². The smallest absolute Gasteiger partial charge is 0.255 e. The molecule has 2 unspecified atom stereocenters. The molecular formula is C14H17Br2NO2. The minimum absolute atomic E-state index is 0.0136. The lowest BCUT2D eigenvalue weighted by atomic mass is 9.89. The molecule has 1 aliphatic rings. The predicted octanol–water partition coefficient (Wildman–Crippen LogP) is 3.84. The number of phenolic OH excluding ortho intramolecular Hbond substituents is 1. The molecule has 1 aromatic carbocycles. The Morgan fingerprint density at radius 3 is 2.84 bits per heavy atom. The first kappa shape index (κ1) is 14.9. The summed E-state index contributed by atoms with van der Waals surface area (Å²) in [5.74, 6) is 0.274. The molecule has 0 aliphatic heterocycles. The van der Waals surface area contributed by atoms with E-state index in [1.807, 2.05) is 0 Å². The summed E-state index contributed by atoms with van der Waals surface area (Å²) in [6, 6.07) is 4.87. The topological polar surface area (TPSA) is 49.3 Å². The maximum absolute atomic E-state index is 12.1. The van der Waals surface area contributed by atoms with Gasteiger partial charge in [-0.2, -0.15) is 0 Å². The molecule has 0 saturated heterocycles. The van der Waals surface area contributed by atoms with Gasteiger partial charge in [-0.25, -0.2) is 0 Å². The van der Waals surface area contributed by atoms with Crippen molar-refractivity contribution >= 4 is 37.8 Å². The van der Waals surface area contributed by atoms with Gasteiger partial charge in [0, 0.05) is 15.8 Å². The Morgan fingerprint density at radius 1 is 1.37 bits per heavy atom. The fraction of sp³-hybridized carbons (Fsp3) is 0.500. The molecule has 2 rings (SSSR count). The predicted molar refractivity (Wildman–Crippen MR) is 82.8 cm³/mol. The number of nitrogens with one attached hydrogen (secondary N) is 1. The van der Waals surface area contributed by atoms with Crippen molar-refractivity contribution in [2.75, 3.05) is 6.54 Å². The highest BCUT2D eigenvalue weighted by molar-refractivity contribution is 9.10. The summed E-state index contributed by atoms with van der Waals surface area (Å²) in [6.45, 7) is 0.653. The van der Waals surface area contributed by atoms with Gasteiger partial charge in [-0.3, -0.25) is 4.79 Å². The monoisotopic (exact) mass is 389 g/mol. The van der Waals surface area contributed by atoms with Crippen LogP contribution in [0.5, 0.6) is 5.75 Å².